The Balaban J connectivity index is 1.53. The van der Waals surface area contributed by atoms with Gasteiger partial charge >= 0.3 is 6.18 Å². The molecule has 0 bridgehead atoms. The van der Waals surface area contributed by atoms with Gasteiger partial charge in [-0.3, -0.25) is 4.79 Å². The Hall–Kier alpha value is -4.22. The molecule has 0 spiro atoms. The molecule has 0 radical (unpaired) electrons. The lowest BCUT2D eigenvalue weighted by atomic mass is 10.0. The van der Waals surface area contributed by atoms with Crippen LogP contribution >= 0.6 is 0 Å². The maximum Gasteiger partial charge on any atom is 0.436 e. The first-order valence-electron chi connectivity index (χ1n) is 10.2. The number of halogens is 4. The van der Waals surface area contributed by atoms with Crippen molar-refractivity contribution in [3.8, 4) is 0 Å². The zero-order valence-corrected chi connectivity index (χ0v) is 17.2. The lowest BCUT2D eigenvalue weighted by Gasteiger charge is -2.33. The van der Waals surface area contributed by atoms with E-state index < -0.39 is 35.2 Å². The number of carbonyl (C=O) groups is 1. The van der Waals surface area contributed by atoms with Crippen LogP contribution < -0.4 is 0 Å². The standard InChI is InChI=1S/C22H14F4N6O2/c23-11-4-5-15-13(9-11)29-20(34-15)18-17-12(27-10-28-17)6-8-31(18)21(33)16-14-3-1-2-7-32(14)30-19(16)22(24,25)26/h1-5,7,9-10,18H,6,8H2,(H,27,28)/t18-/m0/s1. The highest BCUT2D eigenvalue weighted by Crippen LogP contribution is 2.39. The molecular formula is C22H14F4N6O2. The number of oxazole rings is 1. The Morgan fingerprint density at radius 1 is 1.21 bits per heavy atom. The number of pyridine rings is 1. The van der Waals surface area contributed by atoms with E-state index in [1.807, 2.05) is 0 Å². The van der Waals surface area contributed by atoms with Gasteiger partial charge in [0.05, 0.1) is 23.1 Å². The van der Waals surface area contributed by atoms with E-state index >= 15 is 0 Å². The summed E-state index contributed by atoms with van der Waals surface area (Å²) in [4.78, 5) is 26.6. The number of hydrogen-bond donors (Lipinski definition) is 1. The zero-order chi connectivity index (χ0) is 23.6. The van der Waals surface area contributed by atoms with Gasteiger partial charge in [0.25, 0.3) is 5.91 Å². The van der Waals surface area contributed by atoms with Crippen LogP contribution in [-0.2, 0) is 12.6 Å². The summed E-state index contributed by atoms with van der Waals surface area (Å²) in [5.74, 6) is -1.39. The number of aromatic amines is 1. The zero-order valence-electron chi connectivity index (χ0n) is 17.2. The van der Waals surface area contributed by atoms with Crippen molar-refractivity contribution in [2.75, 3.05) is 6.54 Å². The number of imidazole rings is 1. The topological polar surface area (TPSA) is 92.3 Å². The predicted octanol–water partition coefficient (Wildman–Crippen LogP) is 4.14. The summed E-state index contributed by atoms with van der Waals surface area (Å²) in [6, 6.07) is 7.21. The molecule has 0 fully saturated rings. The van der Waals surface area contributed by atoms with Crippen molar-refractivity contribution in [3.05, 3.63) is 83.3 Å². The minimum absolute atomic E-state index is 0.0195. The number of aromatic nitrogens is 5. The predicted molar refractivity (Wildman–Crippen MR) is 109 cm³/mol. The number of carbonyl (C=O) groups excluding carboxylic acids is 1. The molecule has 1 aromatic carbocycles. The smallest absolute Gasteiger partial charge is 0.436 e. The third-order valence-corrected chi connectivity index (χ3v) is 5.81. The van der Waals surface area contributed by atoms with E-state index in [-0.39, 0.29) is 29.1 Å². The highest BCUT2D eigenvalue weighted by Gasteiger charge is 2.44. The first kappa shape index (κ1) is 20.4. The molecule has 5 heterocycles. The van der Waals surface area contributed by atoms with Gasteiger partial charge in [0.2, 0.25) is 5.89 Å². The fourth-order valence-corrected chi connectivity index (χ4v) is 4.33. The van der Waals surface area contributed by atoms with Crippen molar-refractivity contribution in [2.45, 2.75) is 18.6 Å². The molecule has 4 aromatic heterocycles. The van der Waals surface area contributed by atoms with Gasteiger partial charge in [0.1, 0.15) is 11.3 Å². The fourth-order valence-electron chi connectivity index (χ4n) is 4.33. The SMILES string of the molecule is O=C(c1c(C(F)(F)F)nn2ccccc12)N1CCc2[nH]cnc2[C@H]1c1nc2cc(F)ccc2o1. The van der Waals surface area contributed by atoms with Gasteiger partial charge in [-0.1, -0.05) is 6.07 Å². The van der Waals surface area contributed by atoms with E-state index in [1.54, 1.807) is 0 Å². The van der Waals surface area contributed by atoms with Crippen LogP contribution in [-0.4, -0.2) is 41.9 Å². The Kier molecular flexibility index (Phi) is 4.28. The number of benzene rings is 1. The molecule has 172 valence electrons. The maximum absolute atomic E-state index is 13.9. The molecule has 0 saturated heterocycles. The van der Waals surface area contributed by atoms with Crippen LogP contribution in [0.4, 0.5) is 17.6 Å². The van der Waals surface area contributed by atoms with E-state index in [2.05, 4.69) is 20.1 Å². The van der Waals surface area contributed by atoms with Crippen molar-refractivity contribution >= 4 is 22.5 Å². The quantitative estimate of drug-likeness (QED) is 0.392. The minimum Gasteiger partial charge on any atom is -0.438 e. The largest absolute Gasteiger partial charge is 0.438 e. The van der Waals surface area contributed by atoms with Crippen molar-refractivity contribution in [1.82, 2.24) is 29.5 Å². The summed E-state index contributed by atoms with van der Waals surface area (Å²) >= 11 is 0. The van der Waals surface area contributed by atoms with Crippen LogP contribution in [0.25, 0.3) is 16.6 Å². The average Bonchev–Trinajstić information content (AvgIpc) is 3.53. The number of nitrogens with zero attached hydrogens (tertiary/aromatic N) is 5. The summed E-state index contributed by atoms with van der Waals surface area (Å²) in [7, 11) is 0. The Bertz CT molecular complexity index is 1570. The van der Waals surface area contributed by atoms with Gasteiger partial charge in [-0.15, -0.1) is 0 Å². The summed E-state index contributed by atoms with van der Waals surface area (Å²) < 4.78 is 62.1. The molecule has 1 amide bonds. The van der Waals surface area contributed by atoms with Gasteiger partial charge in [-0.05, 0) is 24.3 Å². The van der Waals surface area contributed by atoms with Gasteiger partial charge in [0.15, 0.2) is 17.3 Å². The second kappa shape index (κ2) is 7.14. The highest BCUT2D eigenvalue weighted by atomic mass is 19.4. The molecule has 0 saturated carbocycles. The van der Waals surface area contributed by atoms with E-state index in [9.17, 15) is 22.4 Å². The summed E-state index contributed by atoms with van der Waals surface area (Å²) in [5.41, 5.74) is -0.231. The highest BCUT2D eigenvalue weighted by molar-refractivity contribution is 6.02. The number of hydrogen-bond acceptors (Lipinski definition) is 5. The van der Waals surface area contributed by atoms with Crippen LogP contribution in [0.15, 0.2) is 53.3 Å². The molecule has 1 N–H and O–H groups in total. The first-order valence-corrected chi connectivity index (χ1v) is 10.2. The van der Waals surface area contributed by atoms with E-state index in [4.69, 9.17) is 4.42 Å². The fraction of sp³-hybridized carbons (Fsp3) is 0.182. The summed E-state index contributed by atoms with van der Waals surface area (Å²) in [6.07, 6.45) is -1.73. The third kappa shape index (κ3) is 3.05. The average molecular weight is 470 g/mol. The van der Waals surface area contributed by atoms with Gasteiger partial charge in [0, 0.05) is 30.9 Å². The monoisotopic (exact) mass is 470 g/mol. The number of nitrogens with one attached hydrogen (secondary N) is 1. The second-order valence-corrected chi connectivity index (χ2v) is 7.83. The summed E-state index contributed by atoms with van der Waals surface area (Å²) in [5, 5.41) is 3.62. The van der Waals surface area contributed by atoms with Gasteiger partial charge in [-0.25, -0.2) is 18.9 Å². The third-order valence-electron chi connectivity index (χ3n) is 5.81. The second-order valence-electron chi connectivity index (χ2n) is 7.83. The number of rotatable bonds is 2. The number of H-pyrrole nitrogens is 1. The van der Waals surface area contributed by atoms with Crippen molar-refractivity contribution in [1.29, 1.82) is 0 Å². The van der Waals surface area contributed by atoms with Crippen LogP contribution in [0.5, 0.6) is 0 Å². The van der Waals surface area contributed by atoms with Gasteiger partial charge < -0.3 is 14.3 Å². The van der Waals surface area contributed by atoms with Crippen LogP contribution in [0.3, 0.4) is 0 Å². The molecule has 6 rings (SSSR count). The molecule has 1 atom stereocenters. The Labute approximate surface area is 187 Å². The Morgan fingerprint density at radius 2 is 2.06 bits per heavy atom. The van der Waals surface area contributed by atoms with Crippen molar-refractivity contribution in [3.63, 3.8) is 0 Å². The van der Waals surface area contributed by atoms with E-state index in [0.717, 1.165) is 4.52 Å². The maximum atomic E-state index is 13.9. The molecule has 0 aliphatic carbocycles. The molecule has 0 unspecified atom stereocenters. The molecule has 12 heteroatoms. The molecule has 1 aliphatic heterocycles. The van der Waals surface area contributed by atoms with E-state index in [0.29, 0.717) is 17.8 Å². The van der Waals surface area contributed by atoms with Crippen molar-refractivity contribution < 1.29 is 26.8 Å². The molecule has 8 nitrogen and oxygen atoms in total. The first-order chi connectivity index (χ1) is 16.3. The lowest BCUT2D eigenvalue weighted by molar-refractivity contribution is -0.141. The van der Waals surface area contributed by atoms with Crippen LogP contribution in [0, 0.1) is 5.82 Å². The minimum atomic E-state index is -4.85. The number of fused-ring (bicyclic) bond motifs is 3. The van der Waals surface area contributed by atoms with Crippen molar-refractivity contribution in [2.24, 2.45) is 0 Å². The molecule has 34 heavy (non-hydrogen) atoms. The number of amides is 1. The summed E-state index contributed by atoms with van der Waals surface area (Å²) in [6.45, 7) is 0.0766. The van der Waals surface area contributed by atoms with Crippen LogP contribution in [0.1, 0.15) is 39.4 Å². The molecule has 1 aliphatic rings. The normalized spacial score (nSPS) is 16.4. The Morgan fingerprint density at radius 3 is 2.88 bits per heavy atom. The van der Waals surface area contributed by atoms with E-state index in [1.165, 1.54) is 53.8 Å². The van der Waals surface area contributed by atoms with Crippen LogP contribution in [0.2, 0.25) is 0 Å². The number of alkyl halides is 3. The lowest BCUT2D eigenvalue weighted by Crippen LogP contribution is -2.41. The molecule has 5 aromatic rings. The molecular weight excluding hydrogens is 456 g/mol. The van der Waals surface area contributed by atoms with Gasteiger partial charge in [-0.2, -0.15) is 18.3 Å².